The number of nitrogens with zero attached hydrogens (tertiary/aromatic N) is 3. The molecule has 174 valence electrons. The van der Waals surface area contributed by atoms with E-state index in [2.05, 4.69) is 9.88 Å². The van der Waals surface area contributed by atoms with Crippen LogP contribution in [-0.2, 0) is 11.8 Å². The van der Waals surface area contributed by atoms with Gasteiger partial charge < -0.3 is 4.90 Å². The Kier molecular flexibility index (Phi) is 6.15. The number of halogens is 1. The number of carbonyl (C=O) groups excluding carboxylic acids is 1. The number of piperidine rings is 1. The fourth-order valence-electron chi connectivity index (χ4n) is 5.02. The van der Waals surface area contributed by atoms with E-state index in [1.807, 2.05) is 42.6 Å². The van der Waals surface area contributed by atoms with Crippen molar-refractivity contribution in [3.8, 4) is 0 Å². The van der Waals surface area contributed by atoms with Gasteiger partial charge in [-0.2, -0.15) is 0 Å². The molecule has 0 aliphatic carbocycles. The van der Waals surface area contributed by atoms with Crippen LogP contribution in [0.25, 0.3) is 4.96 Å². The average molecular weight is 476 g/mol. The maximum absolute atomic E-state index is 13.7. The minimum atomic E-state index is -0.637. The van der Waals surface area contributed by atoms with E-state index in [0.717, 1.165) is 41.4 Å². The topological polar surface area (TPSA) is 54.7 Å². The lowest BCUT2D eigenvalue weighted by Crippen LogP contribution is -2.48. The third-order valence-corrected chi connectivity index (χ3v) is 7.78. The highest BCUT2D eigenvalue weighted by Crippen LogP contribution is 2.38. The second-order valence-corrected chi connectivity index (χ2v) is 9.79. The molecule has 1 aliphatic rings. The number of rotatable bonds is 6. The van der Waals surface area contributed by atoms with Crippen molar-refractivity contribution in [2.75, 3.05) is 19.6 Å². The Hall–Kier alpha value is -3.16. The molecule has 2 aromatic heterocycles. The van der Waals surface area contributed by atoms with Crippen LogP contribution >= 0.6 is 11.3 Å². The zero-order chi connectivity index (χ0) is 23.7. The minimum Gasteiger partial charge on any atom is -0.303 e. The van der Waals surface area contributed by atoms with E-state index in [1.54, 1.807) is 22.7 Å². The molecule has 0 spiro atoms. The van der Waals surface area contributed by atoms with Crippen molar-refractivity contribution in [2.45, 2.75) is 31.6 Å². The Bertz CT molecular complexity index is 1370. The Morgan fingerprint density at radius 1 is 1.09 bits per heavy atom. The Morgan fingerprint density at radius 3 is 2.50 bits per heavy atom. The molecule has 0 saturated carbocycles. The molecule has 0 unspecified atom stereocenters. The zero-order valence-electron chi connectivity index (χ0n) is 19.0. The summed E-state index contributed by atoms with van der Waals surface area (Å²) >= 11 is 1.46. The third kappa shape index (κ3) is 4.10. The van der Waals surface area contributed by atoms with Crippen molar-refractivity contribution in [1.29, 1.82) is 0 Å². The highest BCUT2D eigenvalue weighted by Gasteiger charge is 2.43. The predicted molar refractivity (Wildman–Crippen MR) is 132 cm³/mol. The number of hydrogen-bond acceptors (Lipinski definition) is 5. The van der Waals surface area contributed by atoms with E-state index in [9.17, 15) is 14.0 Å². The van der Waals surface area contributed by atoms with Crippen molar-refractivity contribution >= 4 is 22.1 Å². The van der Waals surface area contributed by atoms with Crippen molar-refractivity contribution in [3.05, 3.63) is 105 Å². The standard InChI is InChI=1S/C27H26FN3O2S/c1-19-23(25(33)31-17-18-34-26(31)29-19)11-14-30-15-12-27(13-16-30,21-5-3-2-4-6-21)24(32)20-7-9-22(28)10-8-20/h2-10,17-18H,11-16H2,1H3. The van der Waals surface area contributed by atoms with Crippen LogP contribution in [0.3, 0.4) is 0 Å². The van der Waals surface area contributed by atoms with Gasteiger partial charge in [0, 0.05) is 34.9 Å². The second kappa shape index (κ2) is 9.24. The Balaban J connectivity index is 1.35. The Labute approximate surface area is 201 Å². The number of ketones is 1. The summed E-state index contributed by atoms with van der Waals surface area (Å²) < 4.78 is 15.1. The van der Waals surface area contributed by atoms with Gasteiger partial charge in [0.25, 0.3) is 5.56 Å². The van der Waals surface area contributed by atoms with Crippen LogP contribution in [0.4, 0.5) is 4.39 Å². The van der Waals surface area contributed by atoms with E-state index in [0.29, 0.717) is 24.8 Å². The molecule has 0 radical (unpaired) electrons. The first-order valence-corrected chi connectivity index (χ1v) is 12.4. The van der Waals surface area contributed by atoms with Crippen LogP contribution in [0.5, 0.6) is 0 Å². The molecular formula is C27H26FN3O2S. The molecule has 1 fully saturated rings. The highest BCUT2D eigenvalue weighted by molar-refractivity contribution is 7.15. The largest absolute Gasteiger partial charge is 0.303 e. The molecule has 0 amide bonds. The predicted octanol–water partition coefficient (Wildman–Crippen LogP) is 4.66. The van der Waals surface area contributed by atoms with Crippen LogP contribution in [0.15, 0.2) is 71.0 Å². The van der Waals surface area contributed by atoms with Crippen molar-refractivity contribution in [1.82, 2.24) is 14.3 Å². The fourth-order valence-corrected chi connectivity index (χ4v) is 5.77. The molecule has 0 bridgehead atoms. The van der Waals surface area contributed by atoms with Crippen LogP contribution in [0.1, 0.15) is 40.0 Å². The van der Waals surface area contributed by atoms with Crippen molar-refractivity contribution in [2.24, 2.45) is 0 Å². The summed E-state index contributed by atoms with van der Waals surface area (Å²) in [6, 6.07) is 15.8. The number of fused-ring (bicyclic) bond motifs is 1. The van der Waals surface area contributed by atoms with E-state index < -0.39 is 5.41 Å². The molecular weight excluding hydrogens is 449 g/mol. The van der Waals surface area contributed by atoms with E-state index in [1.165, 1.54) is 23.5 Å². The number of carbonyl (C=O) groups is 1. The average Bonchev–Trinajstić information content (AvgIpc) is 3.33. The molecule has 2 aromatic carbocycles. The quantitative estimate of drug-likeness (QED) is 0.381. The minimum absolute atomic E-state index is 0.00544. The monoisotopic (exact) mass is 475 g/mol. The molecule has 0 atom stereocenters. The van der Waals surface area contributed by atoms with Gasteiger partial charge in [-0.15, -0.1) is 11.3 Å². The summed E-state index contributed by atoms with van der Waals surface area (Å²) in [5, 5.41) is 1.87. The van der Waals surface area contributed by atoms with E-state index >= 15 is 0 Å². The highest BCUT2D eigenvalue weighted by atomic mass is 32.1. The zero-order valence-corrected chi connectivity index (χ0v) is 19.9. The van der Waals surface area contributed by atoms with Crippen molar-refractivity contribution < 1.29 is 9.18 Å². The molecule has 5 rings (SSSR count). The fraction of sp³-hybridized carbons (Fsp3) is 0.296. The number of thiazole rings is 1. The smallest absolute Gasteiger partial charge is 0.261 e. The van der Waals surface area contributed by atoms with Crippen LogP contribution in [-0.4, -0.2) is 39.7 Å². The number of hydrogen-bond donors (Lipinski definition) is 0. The van der Waals surface area contributed by atoms with E-state index in [4.69, 9.17) is 0 Å². The molecule has 5 nitrogen and oxygen atoms in total. The molecule has 1 saturated heterocycles. The maximum atomic E-state index is 13.7. The summed E-state index contributed by atoms with van der Waals surface area (Å²) in [4.78, 5) is 34.2. The molecule has 3 heterocycles. The van der Waals surface area contributed by atoms with Crippen LogP contribution < -0.4 is 5.56 Å². The number of aromatic nitrogens is 2. The molecule has 7 heteroatoms. The first kappa shape index (κ1) is 22.6. The normalized spacial score (nSPS) is 16.1. The van der Waals surface area contributed by atoms with Gasteiger partial charge in [0.05, 0.1) is 5.41 Å². The second-order valence-electron chi connectivity index (χ2n) is 8.91. The van der Waals surface area contributed by atoms with Gasteiger partial charge in [-0.3, -0.25) is 14.0 Å². The lowest BCUT2D eigenvalue weighted by molar-refractivity contribution is 0.0772. The lowest BCUT2D eigenvalue weighted by atomic mass is 9.68. The third-order valence-electron chi connectivity index (χ3n) is 7.02. The first-order chi connectivity index (χ1) is 16.5. The molecule has 1 aliphatic heterocycles. The Morgan fingerprint density at radius 2 is 1.79 bits per heavy atom. The lowest BCUT2D eigenvalue weighted by Gasteiger charge is -2.41. The van der Waals surface area contributed by atoms with Gasteiger partial charge >= 0.3 is 0 Å². The summed E-state index contributed by atoms with van der Waals surface area (Å²) in [6.45, 7) is 4.13. The van der Waals surface area contributed by atoms with Gasteiger partial charge in [-0.25, -0.2) is 9.37 Å². The van der Waals surface area contributed by atoms with Gasteiger partial charge in [-0.1, -0.05) is 30.3 Å². The summed E-state index contributed by atoms with van der Waals surface area (Å²) in [6.07, 6.45) is 3.75. The first-order valence-electron chi connectivity index (χ1n) is 11.5. The van der Waals surface area contributed by atoms with Crippen molar-refractivity contribution in [3.63, 3.8) is 0 Å². The summed E-state index contributed by atoms with van der Waals surface area (Å²) in [5.41, 5.74) is 2.45. The molecule has 4 aromatic rings. The number of likely N-dealkylation sites (tertiary alicyclic amines) is 1. The van der Waals surface area contributed by atoms with E-state index in [-0.39, 0.29) is 17.2 Å². The van der Waals surface area contributed by atoms with Gasteiger partial charge in [-0.05, 0) is 69.1 Å². The number of benzene rings is 2. The summed E-state index contributed by atoms with van der Waals surface area (Å²) in [7, 11) is 0. The van der Waals surface area contributed by atoms with Gasteiger partial charge in [0.15, 0.2) is 10.7 Å². The molecule has 34 heavy (non-hydrogen) atoms. The summed E-state index contributed by atoms with van der Waals surface area (Å²) in [5.74, 6) is -0.305. The number of Topliss-reactive ketones (excluding diaryl/α,β-unsaturated/α-hetero) is 1. The molecule has 0 N–H and O–H groups in total. The number of aryl methyl sites for hydroxylation is 1. The maximum Gasteiger partial charge on any atom is 0.261 e. The van der Waals surface area contributed by atoms with Crippen LogP contribution in [0.2, 0.25) is 0 Å². The SMILES string of the molecule is Cc1nc2sccn2c(=O)c1CCN1CCC(C(=O)c2ccc(F)cc2)(c2ccccc2)CC1. The van der Waals surface area contributed by atoms with Gasteiger partial charge in [0.2, 0.25) is 0 Å². The van der Waals surface area contributed by atoms with Gasteiger partial charge in [0.1, 0.15) is 5.82 Å². The van der Waals surface area contributed by atoms with Crippen LogP contribution in [0, 0.1) is 12.7 Å².